The van der Waals surface area contributed by atoms with Crippen LogP contribution in [0.15, 0.2) is 30.3 Å². The maximum absolute atomic E-state index is 10.9. The molecule has 5 rings (SSSR count). The number of nitrogens with zero attached hydrogens (tertiary/aromatic N) is 1. The van der Waals surface area contributed by atoms with Crippen LogP contribution in [-0.4, -0.2) is 56.4 Å². The number of phenolic OH excluding ortho intramolecular Hbond substituents is 1. The van der Waals surface area contributed by atoms with Gasteiger partial charge in [0.2, 0.25) is 6.79 Å². The Labute approximate surface area is 169 Å². The first-order valence-corrected chi connectivity index (χ1v) is 9.95. The molecule has 1 fully saturated rings. The molecule has 29 heavy (non-hydrogen) atoms. The summed E-state index contributed by atoms with van der Waals surface area (Å²) in [5.74, 6) is 2.78. The first-order chi connectivity index (χ1) is 14.2. The molecule has 0 spiro atoms. The van der Waals surface area contributed by atoms with Crippen LogP contribution in [0, 0.1) is 5.92 Å². The number of phenols is 1. The van der Waals surface area contributed by atoms with E-state index in [0.29, 0.717) is 30.5 Å². The van der Waals surface area contributed by atoms with E-state index in [1.54, 1.807) is 13.2 Å². The Kier molecular flexibility index (Phi) is 4.64. The van der Waals surface area contributed by atoms with E-state index in [1.807, 2.05) is 24.3 Å². The summed E-state index contributed by atoms with van der Waals surface area (Å²) in [5.41, 5.74) is 1.80. The number of aromatic hydroxyl groups is 1. The zero-order valence-electron chi connectivity index (χ0n) is 16.6. The number of fused-ring (bicyclic) bond motifs is 2. The van der Waals surface area contributed by atoms with Crippen molar-refractivity contribution in [1.82, 2.24) is 4.90 Å². The van der Waals surface area contributed by atoms with E-state index in [0.717, 1.165) is 30.0 Å². The van der Waals surface area contributed by atoms with Gasteiger partial charge in [-0.25, -0.2) is 0 Å². The fourth-order valence-corrected chi connectivity index (χ4v) is 4.61. The fourth-order valence-electron chi connectivity index (χ4n) is 4.61. The van der Waals surface area contributed by atoms with Gasteiger partial charge < -0.3 is 28.8 Å². The number of hydrogen-bond acceptors (Lipinski definition) is 7. The van der Waals surface area contributed by atoms with E-state index in [9.17, 15) is 5.11 Å². The number of methoxy groups -OCH3 is 1. The van der Waals surface area contributed by atoms with Crippen molar-refractivity contribution in [3.8, 4) is 28.7 Å². The lowest BCUT2D eigenvalue weighted by molar-refractivity contribution is -0.0785. The largest absolute Gasteiger partial charge is 0.504 e. The number of para-hydroxylation sites is 1. The predicted octanol–water partition coefficient (Wildman–Crippen LogP) is 2.95. The standard InChI is InChI=1S/C22H25NO6/c1-13-20(14-4-3-5-16(25-2)21(14)24)15-10-18-19(28-12-27-18)11-17(15)29-22(13)23-6-8-26-9-7-23/h3-5,10-11,13,20,22,24H,6-9,12H2,1-2H3/t13-,20+,22-/m1/s1. The molecule has 7 heteroatoms. The van der Waals surface area contributed by atoms with Gasteiger partial charge in [0.25, 0.3) is 0 Å². The topological polar surface area (TPSA) is 69.6 Å². The van der Waals surface area contributed by atoms with Crippen molar-refractivity contribution in [3.05, 3.63) is 41.5 Å². The van der Waals surface area contributed by atoms with Crippen molar-refractivity contribution >= 4 is 0 Å². The predicted molar refractivity (Wildman–Crippen MR) is 105 cm³/mol. The van der Waals surface area contributed by atoms with Crippen molar-refractivity contribution in [2.24, 2.45) is 5.92 Å². The third-order valence-electron chi connectivity index (χ3n) is 6.05. The molecule has 3 heterocycles. The van der Waals surface area contributed by atoms with Crippen LogP contribution in [-0.2, 0) is 4.74 Å². The van der Waals surface area contributed by atoms with Gasteiger partial charge in [-0.1, -0.05) is 19.1 Å². The summed E-state index contributed by atoms with van der Waals surface area (Å²) >= 11 is 0. The summed E-state index contributed by atoms with van der Waals surface area (Å²) in [6.45, 7) is 5.37. The first-order valence-electron chi connectivity index (χ1n) is 9.95. The molecule has 2 aromatic rings. The number of hydrogen-bond donors (Lipinski definition) is 1. The normalized spacial score (nSPS) is 25.9. The Balaban J connectivity index is 1.63. The van der Waals surface area contributed by atoms with Crippen LogP contribution in [0.3, 0.4) is 0 Å². The molecule has 3 aliphatic heterocycles. The highest BCUT2D eigenvalue weighted by Gasteiger charge is 2.42. The summed E-state index contributed by atoms with van der Waals surface area (Å²) in [5, 5.41) is 10.9. The Hall–Kier alpha value is -2.64. The molecule has 154 valence electrons. The van der Waals surface area contributed by atoms with E-state index < -0.39 is 0 Å². The molecule has 0 bridgehead atoms. The van der Waals surface area contributed by atoms with Crippen LogP contribution in [0.4, 0.5) is 0 Å². The molecule has 0 unspecified atom stereocenters. The minimum absolute atomic E-state index is 0.0824. The van der Waals surface area contributed by atoms with Gasteiger partial charge in [-0.2, -0.15) is 0 Å². The lowest BCUT2D eigenvalue weighted by Gasteiger charge is -2.44. The van der Waals surface area contributed by atoms with Gasteiger partial charge in [0.15, 0.2) is 29.2 Å². The highest BCUT2D eigenvalue weighted by Crippen LogP contribution is 2.52. The van der Waals surface area contributed by atoms with E-state index in [4.69, 9.17) is 23.7 Å². The van der Waals surface area contributed by atoms with E-state index in [1.165, 1.54) is 0 Å². The molecular weight excluding hydrogens is 374 g/mol. The van der Waals surface area contributed by atoms with E-state index >= 15 is 0 Å². The maximum atomic E-state index is 10.9. The van der Waals surface area contributed by atoms with E-state index in [2.05, 4.69) is 11.8 Å². The number of rotatable bonds is 3. The monoisotopic (exact) mass is 399 g/mol. The number of benzene rings is 2. The average Bonchev–Trinajstić information content (AvgIpc) is 3.20. The maximum Gasteiger partial charge on any atom is 0.231 e. The fraction of sp³-hybridized carbons (Fsp3) is 0.455. The van der Waals surface area contributed by atoms with Crippen LogP contribution in [0.1, 0.15) is 24.0 Å². The summed E-state index contributed by atoms with van der Waals surface area (Å²) < 4.78 is 28.5. The summed E-state index contributed by atoms with van der Waals surface area (Å²) in [6, 6.07) is 9.51. The molecule has 0 saturated carbocycles. The lowest BCUT2D eigenvalue weighted by atomic mass is 9.77. The van der Waals surface area contributed by atoms with Gasteiger partial charge in [0.05, 0.1) is 20.3 Å². The van der Waals surface area contributed by atoms with Gasteiger partial charge in [-0.05, 0) is 12.1 Å². The Morgan fingerprint density at radius 1 is 1.03 bits per heavy atom. The Bertz CT molecular complexity index is 910. The second kappa shape index (κ2) is 7.31. The zero-order valence-corrected chi connectivity index (χ0v) is 16.6. The molecule has 3 aliphatic rings. The SMILES string of the molecule is COc1cccc([C@H]2c3cc4c(cc3O[C@@H](N3CCOCC3)[C@@H]2C)OCO4)c1O. The van der Waals surface area contributed by atoms with Crippen molar-refractivity contribution < 1.29 is 28.8 Å². The molecular formula is C22H25NO6. The molecule has 0 radical (unpaired) electrons. The number of ether oxygens (including phenoxy) is 5. The molecule has 7 nitrogen and oxygen atoms in total. The summed E-state index contributed by atoms with van der Waals surface area (Å²) in [6.07, 6.45) is -0.137. The first kappa shape index (κ1) is 18.4. The van der Waals surface area contributed by atoms with Crippen LogP contribution >= 0.6 is 0 Å². The van der Waals surface area contributed by atoms with Crippen molar-refractivity contribution in [3.63, 3.8) is 0 Å². The van der Waals surface area contributed by atoms with Gasteiger partial charge in [-0.15, -0.1) is 0 Å². The molecule has 1 saturated heterocycles. The minimum atomic E-state index is -0.137. The smallest absolute Gasteiger partial charge is 0.231 e. The van der Waals surface area contributed by atoms with Gasteiger partial charge >= 0.3 is 0 Å². The highest BCUT2D eigenvalue weighted by molar-refractivity contribution is 5.59. The quantitative estimate of drug-likeness (QED) is 0.851. The average molecular weight is 399 g/mol. The second-order valence-corrected chi connectivity index (χ2v) is 7.63. The molecule has 0 aliphatic carbocycles. The van der Waals surface area contributed by atoms with Crippen LogP contribution in [0.25, 0.3) is 0 Å². The molecule has 3 atom stereocenters. The summed E-state index contributed by atoms with van der Waals surface area (Å²) in [4.78, 5) is 2.31. The van der Waals surface area contributed by atoms with Crippen LogP contribution in [0.5, 0.6) is 28.7 Å². The molecule has 1 N–H and O–H groups in total. The lowest BCUT2D eigenvalue weighted by Crippen LogP contribution is -2.52. The molecule has 2 aromatic carbocycles. The van der Waals surface area contributed by atoms with Crippen molar-refractivity contribution in [2.45, 2.75) is 19.1 Å². The minimum Gasteiger partial charge on any atom is -0.504 e. The van der Waals surface area contributed by atoms with Gasteiger partial charge in [-0.3, -0.25) is 4.90 Å². The zero-order chi connectivity index (χ0) is 20.0. The van der Waals surface area contributed by atoms with Gasteiger partial charge in [0, 0.05) is 42.1 Å². The molecule has 0 aromatic heterocycles. The van der Waals surface area contributed by atoms with Crippen molar-refractivity contribution in [2.75, 3.05) is 40.2 Å². The van der Waals surface area contributed by atoms with Crippen LogP contribution in [0.2, 0.25) is 0 Å². The Morgan fingerprint density at radius 2 is 1.79 bits per heavy atom. The van der Waals surface area contributed by atoms with Gasteiger partial charge in [0.1, 0.15) is 5.75 Å². The summed E-state index contributed by atoms with van der Waals surface area (Å²) in [7, 11) is 1.56. The third-order valence-corrected chi connectivity index (χ3v) is 6.05. The second-order valence-electron chi connectivity index (χ2n) is 7.63. The number of morpholine rings is 1. The van der Waals surface area contributed by atoms with Crippen molar-refractivity contribution in [1.29, 1.82) is 0 Å². The van der Waals surface area contributed by atoms with E-state index in [-0.39, 0.29) is 30.6 Å². The molecule has 0 amide bonds. The highest BCUT2D eigenvalue weighted by atomic mass is 16.7. The third kappa shape index (κ3) is 3.05. The Morgan fingerprint density at radius 3 is 2.55 bits per heavy atom. The van der Waals surface area contributed by atoms with Crippen LogP contribution < -0.4 is 18.9 Å².